The van der Waals surface area contributed by atoms with Crippen molar-refractivity contribution in [3.05, 3.63) is 11.1 Å². The van der Waals surface area contributed by atoms with Crippen LogP contribution in [0.15, 0.2) is 11.1 Å². The fourth-order valence-electron chi connectivity index (χ4n) is 0.808. The Balaban J connectivity index is 2.64. The first-order valence-corrected chi connectivity index (χ1v) is 2.93. The van der Waals surface area contributed by atoms with E-state index in [2.05, 4.69) is 6.07 Å². The standard InChI is InChI=1S/C7H9N/c1-6(5-8)7-3-2-4-7/h2-4H2,1H3. The minimum absolute atomic E-state index is 0.941. The van der Waals surface area contributed by atoms with Crippen molar-refractivity contribution in [1.82, 2.24) is 0 Å². The lowest BCUT2D eigenvalue weighted by atomic mass is 9.89. The molecule has 1 rings (SSSR count). The molecular weight excluding hydrogens is 98.1 g/mol. The Labute approximate surface area is 49.6 Å². The van der Waals surface area contributed by atoms with E-state index in [-0.39, 0.29) is 0 Å². The molecule has 1 saturated carbocycles. The Morgan fingerprint density at radius 1 is 1.62 bits per heavy atom. The number of nitriles is 1. The highest BCUT2D eigenvalue weighted by Gasteiger charge is 2.10. The molecule has 1 aliphatic carbocycles. The number of hydrogen-bond donors (Lipinski definition) is 0. The lowest BCUT2D eigenvalue weighted by Gasteiger charge is -2.16. The van der Waals surface area contributed by atoms with Crippen LogP contribution < -0.4 is 0 Å². The summed E-state index contributed by atoms with van der Waals surface area (Å²) in [5.41, 5.74) is 2.31. The van der Waals surface area contributed by atoms with Gasteiger partial charge in [-0.15, -0.1) is 0 Å². The number of hydrogen-bond acceptors (Lipinski definition) is 1. The Morgan fingerprint density at radius 3 is 2.38 bits per heavy atom. The van der Waals surface area contributed by atoms with Crippen LogP contribution in [-0.4, -0.2) is 0 Å². The zero-order valence-corrected chi connectivity index (χ0v) is 5.07. The van der Waals surface area contributed by atoms with Crippen LogP contribution in [-0.2, 0) is 0 Å². The van der Waals surface area contributed by atoms with Gasteiger partial charge in [0, 0.05) is 5.57 Å². The smallest absolute Gasteiger partial charge is 0.0943 e. The minimum atomic E-state index is 0.941. The fraction of sp³-hybridized carbons (Fsp3) is 0.571. The van der Waals surface area contributed by atoms with Crippen molar-refractivity contribution >= 4 is 0 Å². The van der Waals surface area contributed by atoms with Crippen LogP contribution in [0.5, 0.6) is 0 Å². The first-order chi connectivity index (χ1) is 3.84. The van der Waals surface area contributed by atoms with Crippen molar-refractivity contribution in [2.45, 2.75) is 26.2 Å². The van der Waals surface area contributed by atoms with E-state index < -0.39 is 0 Å². The van der Waals surface area contributed by atoms with Gasteiger partial charge in [0.15, 0.2) is 0 Å². The van der Waals surface area contributed by atoms with E-state index in [4.69, 9.17) is 5.26 Å². The normalized spacial score (nSPS) is 16.8. The third kappa shape index (κ3) is 0.742. The van der Waals surface area contributed by atoms with Gasteiger partial charge in [0.2, 0.25) is 0 Å². The summed E-state index contributed by atoms with van der Waals surface area (Å²) in [5, 5.41) is 8.36. The van der Waals surface area contributed by atoms with Gasteiger partial charge >= 0.3 is 0 Å². The molecule has 0 N–H and O–H groups in total. The van der Waals surface area contributed by atoms with Crippen molar-refractivity contribution in [2.24, 2.45) is 0 Å². The Kier molecular flexibility index (Phi) is 1.34. The van der Waals surface area contributed by atoms with Crippen LogP contribution in [0.2, 0.25) is 0 Å². The Morgan fingerprint density at radius 2 is 2.25 bits per heavy atom. The van der Waals surface area contributed by atoms with E-state index in [1.165, 1.54) is 24.8 Å². The molecule has 0 aromatic heterocycles. The van der Waals surface area contributed by atoms with Crippen molar-refractivity contribution < 1.29 is 0 Å². The molecule has 1 fully saturated rings. The maximum absolute atomic E-state index is 8.36. The predicted octanol–water partition coefficient (Wildman–Crippen LogP) is 2.01. The van der Waals surface area contributed by atoms with Gasteiger partial charge in [-0.2, -0.15) is 5.26 Å². The van der Waals surface area contributed by atoms with Crippen molar-refractivity contribution in [1.29, 1.82) is 5.26 Å². The van der Waals surface area contributed by atoms with E-state index in [1.54, 1.807) is 0 Å². The fourth-order valence-corrected chi connectivity index (χ4v) is 0.808. The van der Waals surface area contributed by atoms with Gasteiger partial charge in [0.1, 0.15) is 0 Å². The zero-order chi connectivity index (χ0) is 5.98. The van der Waals surface area contributed by atoms with Crippen molar-refractivity contribution in [2.75, 3.05) is 0 Å². The van der Waals surface area contributed by atoms with Gasteiger partial charge in [-0.25, -0.2) is 0 Å². The maximum atomic E-state index is 8.36. The van der Waals surface area contributed by atoms with Crippen LogP contribution >= 0.6 is 0 Å². The van der Waals surface area contributed by atoms with Crippen LogP contribution in [0.4, 0.5) is 0 Å². The van der Waals surface area contributed by atoms with Crippen LogP contribution in [0, 0.1) is 11.3 Å². The molecule has 0 aliphatic heterocycles. The van der Waals surface area contributed by atoms with E-state index in [0.717, 1.165) is 5.57 Å². The van der Waals surface area contributed by atoms with Crippen LogP contribution in [0.1, 0.15) is 26.2 Å². The molecule has 0 unspecified atom stereocenters. The number of nitrogens with zero attached hydrogens (tertiary/aromatic N) is 1. The number of allylic oxidation sites excluding steroid dienone is 2. The minimum Gasteiger partial charge on any atom is -0.193 e. The lowest BCUT2D eigenvalue weighted by molar-refractivity contribution is 0.655. The molecule has 0 amide bonds. The predicted molar refractivity (Wildman–Crippen MR) is 32.2 cm³/mol. The average molecular weight is 107 g/mol. The summed E-state index contributed by atoms with van der Waals surface area (Å²) in [7, 11) is 0. The van der Waals surface area contributed by atoms with Crippen LogP contribution in [0.25, 0.3) is 0 Å². The molecule has 1 aliphatic rings. The summed E-state index contributed by atoms with van der Waals surface area (Å²) < 4.78 is 0. The molecule has 0 aromatic carbocycles. The summed E-state index contributed by atoms with van der Waals surface area (Å²) in [6.07, 6.45) is 3.62. The number of rotatable bonds is 0. The molecule has 0 bridgehead atoms. The SMILES string of the molecule is CC(C#N)=C1CCC1. The van der Waals surface area contributed by atoms with Crippen LogP contribution in [0.3, 0.4) is 0 Å². The van der Waals surface area contributed by atoms with Gasteiger partial charge in [0.25, 0.3) is 0 Å². The molecule has 42 valence electrons. The lowest BCUT2D eigenvalue weighted by Crippen LogP contribution is -1.98. The summed E-state index contributed by atoms with van der Waals surface area (Å²) in [4.78, 5) is 0. The highest BCUT2D eigenvalue weighted by molar-refractivity contribution is 5.28. The molecule has 8 heavy (non-hydrogen) atoms. The molecular formula is C7H9N. The first kappa shape index (κ1) is 5.37. The molecule has 0 aromatic rings. The van der Waals surface area contributed by atoms with Gasteiger partial charge < -0.3 is 0 Å². The summed E-state index contributed by atoms with van der Waals surface area (Å²) in [6, 6.07) is 2.15. The second-order valence-corrected chi connectivity index (χ2v) is 2.19. The van der Waals surface area contributed by atoms with Gasteiger partial charge in [0.05, 0.1) is 6.07 Å². The molecule has 0 saturated heterocycles. The van der Waals surface area contributed by atoms with E-state index in [9.17, 15) is 0 Å². The zero-order valence-electron chi connectivity index (χ0n) is 5.07. The molecule has 0 radical (unpaired) electrons. The largest absolute Gasteiger partial charge is 0.193 e. The second-order valence-electron chi connectivity index (χ2n) is 2.19. The van der Waals surface area contributed by atoms with Crippen molar-refractivity contribution in [3.8, 4) is 6.07 Å². The molecule has 1 heteroatoms. The first-order valence-electron chi connectivity index (χ1n) is 2.93. The summed E-state index contributed by atoms with van der Waals surface area (Å²) >= 11 is 0. The highest BCUT2D eigenvalue weighted by Crippen LogP contribution is 2.27. The van der Waals surface area contributed by atoms with E-state index in [0.29, 0.717) is 0 Å². The Bertz CT molecular complexity index is 154. The highest BCUT2D eigenvalue weighted by atomic mass is 14.3. The molecule has 0 atom stereocenters. The van der Waals surface area contributed by atoms with E-state index in [1.807, 2.05) is 6.92 Å². The Hall–Kier alpha value is -0.770. The average Bonchev–Trinajstić information content (AvgIpc) is 1.62. The third-order valence-corrected chi connectivity index (χ3v) is 1.66. The van der Waals surface area contributed by atoms with Gasteiger partial charge in [-0.1, -0.05) is 5.57 Å². The summed E-state index contributed by atoms with van der Waals surface area (Å²) in [5.74, 6) is 0. The van der Waals surface area contributed by atoms with Crippen molar-refractivity contribution in [3.63, 3.8) is 0 Å². The van der Waals surface area contributed by atoms with Gasteiger partial charge in [-0.05, 0) is 26.2 Å². The molecule has 1 nitrogen and oxygen atoms in total. The maximum Gasteiger partial charge on any atom is 0.0943 e. The monoisotopic (exact) mass is 107 g/mol. The third-order valence-electron chi connectivity index (χ3n) is 1.66. The topological polar surface area (TPSA) is 23.8 Å². The second kappa shape index (κ2) is 2.00. The van der Waals surface area contributed by atoms with E-state index >= 15 is 0 Å². The quantitative estimate of drug-likeness (QED) is 0.434. The summed E-state index contributed by atoms with van der Waals surface area (Å²) in [6.45, 7) is 1.90. The van der Waals surface area contributed by atoms with Gasteiger partial charge in [-0.3, -0.25) is 0 Å². The molecule has 0 heterocycles. The molecule has 0 spiro atoms.